The van der Waals surface area contributed by atoms with Gasteiger partial charge < -0.3 is 9.63 Å². The van der Waals surface area contributed by atoms with Crippen LogP contribution in [0, 0.1) is 0 Å². The molecule has 2 rings (SSSR count). The van der Waals surface area contributed by atoms with Gasteiger partial charge in [0, 0.05) is 11.4 Å². The molecule has 0 radical (unpaired) electrons. The minimum absolute atomic E-state index is 0.279. The van der Waals surface area contributed by atoms with E-state index in [-0.39, 0.29) is 5.69 Å². The van der Waals surface area contributed by atoms with Crippen molar-refractivity contribution in [3.63, 3.8) is 0 Å². The molecule has 0 atom stereocenters. The zero-order valence-electron chi connectivity index (χ0n) is 11.7. The maximum absolute atomic E-state index is 12.4. The molecule has 0 fully saturated rings. The monoisotopic (exact) mass is 312 g/mol. The van der Waals surface area contributed by atoms with Gasteiger partial charge in [-0.2, -0.15) is 4.31 Å². The van der Waals surface area contributed by atoms with Gasteiger partial charge in [0.1, 0.15) is 18.0 Å². The lowest BCUT2D eigenvalue weighted by Gasteiger charge is -2.23. The Morgan fingerprint density at radius 3 is 2.67 bits per heavy atom. The number of para-hydroxylation sites is 1. The van der Waals surface area contributed by atoms with Crippen molar-refractivity contribution < 1.29 is 22.8 Å². The third kappa shape index (κ3) is 3.40. The standard InChI is InChI=1S/C13H16N2O5S/c1-9(2)15(7-13(16)17)21(18,19)8-11-10-5-3-4-6-12(10)20-14-11/h3-6,9H,7-8H2,1-2H3,(H,16,17). The summed E-state index contributed by atoms with van der Waals surface area (Å²) in [5.74, 6) is -1.59. The maximum Gasteiger partial charge on any atom is 0.318 e. The van der Waals surface area contributed by atoms with E-state index in [1.807, 2.05) is 0 Å². The van der Waals surface area contributed by atoms with Crippen molar-refractivity contribution in [3.8, 4) is 0 Å². The Balaban J connectivity index is 2.33. The molecule has 0 spiro atoms. The quantitative estimate of drug-likeness (QED) is 0.866. The zero-order chi connectivity index (χ0) is 15.6. The molecule has 0 saturated heterocycles. The van der Waals surface area contributed by atoms with E-state index < -0.39 is 34.3 Å². The minimum Gasteiger partial charge on any atom is -0.480 e. The van der Waals surface area contributed by atoms with Gasteiger partial charge in [0.05, 0.1) is 0 Å². The highest BCUT2D eigenvalue weighted by molar-refractivity contribution is 7.88. The van der Waals surface area contributed by atoms with Gasteiger partial charge in [-0.15, -0.1) is 0 Å². The number of carboxylic acid groups (broad SMARTS) is 1. The highest BCUT2D eigenvalue weighted by Gasteiger charge is 2.29. The lowest BCUT2D eigenvalue weighted by molar-refractivity contribution is -0.137. The molecule has 21 heavy (non-hydrogen) atoms. The SMILES string of the molecule is CC(C)N(CC(=O)O)S(=O)(=O)Cc1noc2ccccc12. The van der Waals surface area contributed by atoms with E-state index in [0.29, 0.717) is 11.0 Å². The highest BCUT2D eigenvalue weighted by atomic mass is 32.2. The molecule has 1 N–H and O–H groups in total. The number of fused-ring (bicyclic) bond motifs is 1. The summed E-state index contributed by atoms with van der Waals surface area (Å²) in [5.41, 5.74) is 0.777. The number of benzene rings is 1. The van der Waals surface area contributed by atoms with Crippen LogP contribution in [0.15, 0.2) is 28.8 Å². The molecule has 0 aliphatic rings. The second-order valence-electron chi connectivity index (χ2n) is 4.91. The number of aromatic nitrogens is 1. The number of aliphatic carboxylic acids is 1. The first-order chi connectivity index (χ1) is 9.81. The van der Waals surface area contributed by atoms with Gasteiger partial charge >= 0.3 is 5.97 Å². The van der Waals surface area contributed by atoms with E-state index in [9.17, 15) is 13.2 Å². The Kier molecular flexibility index (Phi) is 4.29. The van der Waals surface area contributed by atoms with Gasteiger partial charge in [0.15, 0.2) is 5.58 Å². The lowest BCUT2D eigenvalue weighted by Crippen LogP contribution is -2.41. The van der Waals surface area contributed by atoms with Crippen LogP contribution in [0.5, 0.6) is 0 Å². The van der Waals surface area contributed by atoms with Crippen LogP contribution in [-0.4, -0.2) is 41.5 Å². The molecule has 0 unspecified atom stereocenters. The molecule has 0 bridgehead atoms. The predicted molar refractivity (Wildman–Crippen MR) is 76.1 cm³/mol. The fourth-order valence-corrected chi connectivity index (χ4v) is 3.70. The molecule has 7 nitrogen and oxygen atoms in total. The summed E-state index contributed by atoms with van der Waals surface area (Å²) in [4.78, 5) is 10.8. The normalized spacial score (nSPS) is 12.4. The van der Waals surface area contributed by atoms with Gasteiger partial charge in [0.2, 0.25) is 10.0 Å². The van der Waals surface area contributed by atoms with Gasteiger partial charge in [-0.05, 0) is 26.0 Å². The minimum atomic E-state index is -3.80. The first-order valence-corrected chi connectivity index (χ1v) is 7.97. The summed E-state index contributed by atoms with van der Waals surface area (Å²) in [7, 11) is -3.80. The summed E-state index contributed by atoms with van der Waals surface area (Å²) in [6.07, 6.45) is 0. The highest BCUT2D eigenvalue weighted by Crippen LogP contribution is 2.21. The van der Waals surface area contributed by atoms with Gasteiger partial charge in [-0.1, -0.05) is 17.3 Å². The Morgan fingerprint density at radius 2 is 2.05 bits per heavy atom. The molecule has 0 aliphatic heterocycles. The Hall–Kier alpha value is -1.93. The summed E-state index contributed by atoms with van der Waals surface area (Å²) in [6.45, 7) is 2.68. The summed E-state index contributed by atoms with van der Waals surface area (Å²) < 4.78 is 30.8. The number of sulfonamides is 1. The number of hydrogen-bond donors (Lipinski definition) is 1. The molecular weight excluding hydrogens is 296 g/mol. The van der Waals surface area contributed by atoms with Gasteiger partial charge in [-0.3, -0.25) is 4.79 Å². The van der Waals surface area contributed by atoms with Crippen molar-refractivity contribution in [2.24, 2.45) is 0 Å². The van der Waals surface area contributed by atoms with Crippen molar-refractivity contribution >= 4 is 27.0 Å². The number of carboxylic acids is 1. The molecule has 2 aromatic rings. The van der Waals surface area contributed by atoms with Gasteiger partial charge in [-0.25, -0.2) is 8.42 Å². The van der Waals surface area contributed by atoms with E-state index in [4.69, 9.17) is 9.63 Å². The smallest absolute Gasteiger partial charge is 0.318 e. The molecule has 0 aliphatic carbocycles. The van der Waals surface area contributed by atoms with E-state index in [1.165, 1.54) is 0 Å². The van der Waals surface area contributed by atoms with Crippen LogP contribution in [0.4, 0.5) is 0 Å². The Bertz CT molecular complexity index is 751. The molecule has 1 heterocycles. The number of rotatable bonds is 6. The molecule has 1 aromatic heterocycles. The lowest BCUT2D eigenvalue weighted by atomic mass is 10.2. The van der Waals surface area contributed by atoms with E-state index in [1.54, 1.807) is 38.1 Å². The first kappa shape index (κ1) is 15.5. The zero-order valence-corrected chi connectivity index (χ0v) is 12.5. The van der Waals surface area contributed by atoms with Crippen LogP contribution in [0.3, 0.4) is 0 Å². The average Bonchev–Trinajstić information content (AvgIpc) is 2.78. The maximum atomic E-state index is 12.4. The molecular formula is C13H16N2O5S. The Morgan fingerprint density at radius 1 is 1.38 bits per heavy atom. The van der Waals surface area contributed by atoms with Crippen LogP contribution < -0.4 is 0 Å². The molecule has 8 heteroatoms. The second kappa shape index (κ2) is 5.82. The van der Waals surface area contributed by atoms with E-state index >= 15 is 0 Å². The first-order valence-electron chi connectivity index (χ1n) is 6.36. The number of carbonyl (C=O) groups is 1. The average molecular weight is 312 g/mol. The summed E-state index contributed by atoms with van der Waals surface area (Å²) >= 11 is 0. The largest absolute Gasteiger partial charge is 0.480 e. The number of hydrogen-bond acceptors (Lipinski definition) is 5. The van der Waals surface area contributed by atoms with Crippen molar-refractivity contribution in [2.75, 3.05) is 6.54 Å². The van der Waals surface area contributed by atoms with Gasteiger partial charge in [0.25, 0.3) is 0 Å². The van der Waals surface area contributed by atoms with Crippen molar-refractivity contribution in [1.82, 2.24) is 9.46 Å². The third-order valence-corrected chi connectivity index (χ3v) is 4.90. The topological polar surface area (TPSA) is 101 Å². The Labute approximate surface area is 122 Å². The van der Waals surface area contributed by atoms with Crippen molar-refractivity contribution in [1.29, 1.82) is 0 Å². The predicted octanol–water partition coefficient (Wildman–Crippen LogP) is 1.45. The summed E-state index contributed by atoms with van der Waals surface area (Å²) in [5, 5.41) is 13.2. The van der Waals surface area contributed by atoms with Crippen LogP contribution in [-0.2, 0) is 20.6 Å². The van der Waals surface area contributed by atoms with Crippen molar-refractivity contribution in [3.05, 3.63) is 30.0 Å². The van der Waals surface area contributed by atoms with E-state index in [0.717, 1.165) is 4.31 Å². The van der Waals surface area contributed by atoms with Crippen molar-refractivity contribution in [2.45, 2.75) is 25.6 Å². The molecule has 1 aromatic carbocycles. The van der Waals surface area contributed by atoms with Crippen LogP contribution in [0.25, 0.3) is 11.0 Å². The van der Waals surface area contributed by atoms with Crippen LogP contribution in [0.2, 0.25) is 0 Å². The van der Waals surface area contributed by atoms with Crippen LogP contribution in [0.1, 0.15) is 19.5 Å². The van der Waals surface area contributed by atoms with Crippen LogP contribution >= 0.6 is 0 Å². The fraction of sp³-hybridized carbons (Fsp3) is 0.385. The molecule has 0 amide bonds. The second-order valence-corrected chi connectivity index (χ2v) is 6.84. The fourth-order valence-electron chi connectivity index (χ4n) is 2.03. The number of nitrogens with zero attached hydrogens (tertiary/aromatic N) is 2. The molecule has 114 valence electrons. The summed E-state index contributed by atoms with van der Waals surface area (Å²) in [6, 6.07) is 6.47. The third-order valence-electron chi connectivity index (χ3n) is 3.00. The molecule has 0 saturated carbocycles. The van der Waals surface area contributed by atoms with E-state index in [2.05, 4.69) is 5.16 Å².